The van der Waals surface area contributed by atoms with E-state index in [0.717, 1.165) is 31.2 Å². The highest BCUT2D eigenvalue weighted by atomic mass is 16.6. The normalized spacial score (nSPS) is 26.0. The lowest BCUT2D eigenvalue weighted by molar-refractivity contribution is -0.233. The van der Waals surface area contributed by atoms with Crippen molar-refractivity contribution in [1.29, 1.82) is 0 Å². The number of fused-ring (bicyclic) bond motifs is 1. The first-order chi connectivity index (χ1) is 14.8. The van der Waals surface area contributed by atoms with Crippen molar-refractivity contribution in [3.05, 3.63) is 39.2 Å². The summed E-state index contributed by atoms with van der Waals surface area (Å²) in [4.78, 5) is 17.3. The number of hydrogen-bond donors (Lipinski definition) is 2. The van der Waals surface area contributed by atoms with E-state index in [-0.39, 0.29) is 28.7 Å². The topological polar surface area (TPSA) is 111 Å². The number of methoxy groups -OCH3 is 1. The fraction of sp³-hybridized carbons (Fsp3) is 0.565. The molecule has 1 aromatic carbocycles. The predicted molar refractivity (Wildman–Crippen MR) is 115 cm³/mol. The van der Waals surface area contributed by atoms with Gasteiger partial charge < -0.3 is 28.9 Å². The van der Waals surface area contributed by atoms with Gasteiger partial charge in [0, 0.05) is 13.5 Å². The van der Waals surface area contributed by atoms with Gasteiger partial charge in [-0.3, -0.25) is 0 Å². The monoisotopic (exact) mass is 431 g/mol. The second-order valence-electron chi connectivity index (χ2n) is 8.47. The first-order valence-electron chi connectivity index (χ1n) is 10.6. The van der Waals surface area contributed by atoms with Gasteiger partial charge in [0.05, 0.1) is 28.9 Å². The molecule has 2 aromatic rings. The Hall–Kier alpha value is -2.42. The van der Waals surface area contributed by atoms with E-state index in [1.807, 2.05) is 6.07 Å². The number of hydrogen-bond acceptors (Lipinski definition) is 8. The number of ether oxygens (including phenoxy) is 2. The van der Waals surface area contributed by atoms with Gasteiger partial charge in [0.15, 0.2) is 0 Å². The van der Waals surface area contributed by atoms with Crippen molar-refractivity contribution in [2.24, 2.45) is 5.16 Å². The zero-order valence-electron chi connectivity index (χ0n) is 18.3. The van der Waals surface area contributed by atoms with E-state index in [2.05, 4.69) is 5.16 Å². The fourth-order valence-electron chi connectivity index (χ4n) is 5.17. The van der Waals surface area contributed by atoms with E-state index in [1.165, 1.54) is 7.11 Å². The summed E-state index contributed by atoms with van der Waals surface area (Å²) < 4.78 is 17.8. The van der Waals surface area contributed by atoms with Crippen LogP contribution < -0.4 is 5.63 Å². The average molecular weight is 431 g/mol. The van der Waals surface area contributed by atoms with E-state index in [1.54, 1.807) is 27.0 Å². The van der Waals surface area contributed by atoms with Crippen LogP contribution in [0.15, 0.2) is 26.5 Å². The molecule has 168 valence electrons. The van der Waals surface area contributed by atoms with Gasteiger partial charge in [0.1, 0.15) is 30.1 Å². The van der Waals surface area contributed by atoms with E-state index < -0.39 is 23.4 Å². The van der Waals surface area contributed by atoms with Gasteiger partial charge in [0.2, 0.25) is 0 Å². The second-order valence-corrected chi connectivity index (χ2v) is 8.47. The van der Waals surface area contributed by atoms with Crippen LogP contribution in [-0.2, 0) is 14.3 Å². The molecule has 2 fully saturated rings. The Kier molecular flexibility index (Phi) is 5.81. The van der Waals surface area contributed by atoms with Crippen molar-refractivity contribution in [3.8, 4) is 5.75 Å². The molecule has 2 N–H and O–H groups in total. The molecule has 1 aliphatic carbocycles. The lowest BCUT2D eigenvalue weighted by Gasteiger charge is -2.46. The van der Waals surface area contributed by atoms with Gasteiger partial charge in [-0.2, -0.15) is 0 Å². The van der Waals surface area contributed by atoms with Gasteiger partial charge in [-0.15, -0.1) is 0 Å². The lowest BCUT2D eigenvalue weighted by atomic mass is 9.83. The first-order valence-corrected chi connectivity index (χ1v) is 10.6. The summed E-state index contributed by atoms with van der Waals surface area (Å²) in [6.07, 6.45) is 2.88. The summed E-state index contributed by atoms with van der Waals surface area (Å²) >= 11 is 0. The molecule has 1 aromatic heterocycles. The molecule has 1 saturated heterocycles. The molecule has 8 heteroatoms. The number of aliphatic hydroxyl groups excluding tert-OH is 1. The summed E-state index contributed by atoms with van der Waals surface area (Å²) in [5.41, 5.74) is 0.699. The molecule has 4 rings (SSSR count). The maximum atomic E-state index is 12.6. The Labute approximate surface area is 180 Å². The standard InChI is InChI=1S/C23H29NO7/c1-12-14(21-16(25)11-17(28-3)23(31-21)9-5-6-10-23)7-8-15-19(26)18(13(2)24-29-4)22(27)30-20(12)15/h7-8,16-17,21,25-26H,5-6,9-11H2,1-4H3. The predicted octanol–water partition coefficient (Wildman–Crippen LogP) is 3.33. The minimum absolute atomic E-state index is 0.0386. The molecular weight excluding hydrogens is 402 g/mol. The molecule has 1 saturated carbocycles. The highest BCUT2D eigenvalue weighted by Crippen LogP contribution is 2.48. The molecule has 0 amide bonds. The zero-order chi connectivity index (χ0) is 22.3. The third-order valence-corrected chi connectivity index (χ3v) is 6.72. The highest BCUT2D eigenvalue weighted by Gasteiger charge is 2.51. The molecule has 2 heterocycles. The maximum Gasteiger partial charge on any atom is 0.349 e. The lowest BCUT2D eigenvalue weighted by Crippen LogP contribution is -2.52. The number of rotatable bonds is 4. The van der Waals surface area contributed by atoms with Crippen LogP contribution in [0.4, 0.5) is 0 Å². The van der Waals surface area contributed by atoms with Crippen LogP contribution in [-0.4, -0.2) is 48.0 Å². The number of aromatic hydroxyl groups is 1. The SMILES string of the molecule is CON=C(C)c1c(O)c2ccc(C3OC4(CCCC4)C(OC)CC3O)c(C)c2oc1=O. The molecule has 1 spiro atoms. The molecule has 1 aliphatic heterocycles. The number of benzene rings is 1. The zero-order valence-corrected chi connectivity index (χ0v) is 18.3. The van der Waals surface area contributed by atoms with E-state index in [4.69, 9.17) is 18.7 Å². The molecule has 2 aliphatic rings. The van der Waals surface area contributed by atoms with Gasteiger partial charge in [-0.25, -0.2) is 4.79 Å². The third-order valence-electron chi connectivity index (χ3n) is 6.72. The summed E-state index contributed by atoms with van der Waals surface area (Å²) in [6.45, 7) is 3.36. The highest BCUT2D eigenvalue weighted by molar-refractivity contribution is 6.04. The summed E-state index contributed by atoms with van der Waals surface area (Å²) in [5, 5.41) is 25.7. The van der Waals surface area contributed by atoms with Crippen LogP contribution >= 0.6 is 0 Å². The van der Waals surface area contributed by atoms with Gasteiger partial charge >= 0.3 is 5.63 Å². The van der Waals surface area contributed by atoms with Crippen LogP contribution in [0, 0.1) is 6.92 Å². The second kappa shape index (κ2) is 8.26. The minimum atomic E-state index is -0.761. The van der Waals surface area contributed by atoms with E-state index >= 15 is 0 Å². The Balaban J connectivity index is 1.80. The Morgan fingerprint density at radius 3 is 2.61 bits per heavy atom. The molecule has 0 radical (unpaired) electrons. The van der Waals surface area contributed by atoms with Crippen molar-refractivity contribution in [1.82, 2.24) is 0 Å². The number of aliphatic hydroxyl groups is 1. The smallest absolute Gasteiger partial charge is 0.349 e. The molecule has 31 heavy (non-hydrogen) atoms. The minimum Gasteiger partial charge on any atom is -0.506 e. The van der Waals surface area contributed by atoms with Gasteiger partial charge in [-0.05, 0) is 43.9 Å². The van der Waals surface area contributed by atoms with Crippen molar-refractivity contribution >= 4 is 16.7 Å². The van der Waals surface area contributed by atoms with Gasteiger partial charge in [-0.1, -0.05) is 24.1 Å². The van der Waals surface area contributed by atoms with Crippen LogP contribution in [0.3, 0.4) is 0 Å². The largest absolute Gasteiger partial charge is 0.506 e. The van der Waals surface area contributed by atoms with Crippen molar-refractivity contribution in [2.75, 3.05) is 14.2 Å². The first kappa shape index (κ1) is 21.8. The molecule has 0 bridgehead atoms. The summed E-state index contributed by atoms with van der Waals surface area (Å²) in [6, 6.07) is 3.49. The van der Waals surface area contributed by atoms with Crippen LogP contribution in [0.25, 0.3) is 11.0 Å². The van der Waals surface area contributed by atoms with E-state index in [0.29, 0.717) is 17.4 Å². The van der Waals surface area contributed by atoms with Crippen LogP contribution in [0.5, 0.6) is 5.75 Å². The molecule has 3 atom stereocenters. The van der Waals surface area contributed by atoms with Crippen LogP contribution in [0.2, 0.25) is 0 Å². The van der Waals surface area contributed by atoms with Crippen molar-refractivity contribution in [3.63, 3.8) is 0 Å². The average Bonchev–Trinajstić information content (AvgIpc) is 3.20. The quantitative estimate of drug-likeness (QED) is 0.434. The van der Waals surface area contributed by atoms with Crippen molar-refractivity contribution in [2.45, 2.75) is 69.9 Å². The number of aryl methyl sites for hydroxylation is 1. The number of nitrogens with zero attached hydrogens (tertiary/aromatic N) is 1. The van der Waals surface area contributed by atoms with E-state index in [9.17, 15) is 15.0 Å². The molecule has 8 nitrogen and oxygen atoms in total. The van der Waals surface area contributed by atoms with Gasteiger partial charge in [0.25, 0.3) is 0 Å². The Morgan fingerprint density at radius 2 is 1.97 bits per heavy atom. The van der Waals surface area contributed by atoms with Crippen LogP contribution in [0.1, 0.15) is 61.8 Å². The third kappa shape index (κ3) is 3.52. The molecular formula is C23H29NO7. The Bertz CT molecular complexity index is 1070. The maximum absolute atomic E-state index is 12.6. The summed E-state index contributed by atoms with van der Waals surface area (Å²) in [7, 11) is 3.02. The van der Waals surface area contributed by atoms with Crippen molar-refractivity contribution < 1.29 is 28.9 Å². The fourth-order valence-corrected chi connectivity index (χ4v) is 5.17. The summed E-state index contributed by atoms with van der Waals surface area (Å²) in [5.74, 6) is -0.212. The molecule has 3 unspecified atom stereocenters. The number of oxime groups is 1. The Morgan fingerprint density at radius 1 is 1.26 bits per heavy atom.